The number of hydrogen-bond acceptors (Lipinski definition) is 3. The second kappa shape index (κ2) is 8.20. The number of ether oxygens (including phenoxy) is 1. The lowest BCUT2D eigenvalue weighted by molar-refractivity contribution is 0.0693. The van der Waals surface area contributed by atoms with Crippen molar-refractivity contribution in [1.82, 2.24) is 0 Å². The SMILES string of the molecule is C=Cc1ccc(COc2cc(CCCC)c(O)c(C(=O)O)c2)cc1. The van der Waals surface area contributed by atoms with Gasteiger partial charge >= 0.3 is 5.97 Å². The maximum atomic E-state index is 11.3. The van der Waals surface area contributed by atoms with E-state index in [1.165, 1.54) is 6.07 Å². The Bertz CT molecular complexity index is 717. The van der Waals surface area contributed by atoms with Crippen LogP contribution >= 0.6 is 0 Å². The van der Waals surface area contributed by atoms with E-state index < -0.39 is 5.97 Å². The molecule has 0 aliphatic heterocycles. The van der Waals surface area contributed by atoms with Gasteiger partial charge in [0, 0.05) is 0 Å². The number of phenols is 1. The Morgan fingerprint density at radius 3 is 2.54 bits per heavy atom. The summed E-state index contributed by atoms with van der Waals surface area (Å²) >= 11 is 0. The van der Waals surface area contributed by atoms with Gasteiger partial charge in [-0.05, 0) is 41.7 Å². The lowest BCUT2D eigenvalue weighted by Crippen LogP contribution is -2.03. The molecule has 126 valence electrons. The number of aromatic hydroxyl groups is 1. The zero-order valence-electron chi connectivity index (χ0n) is 13.8. The lowest BCUT2D eigenvalue weighted by atomic mass is 10.0. The number of benzene rings is 2. The van der Waals surface area contributed by atoms with Gasteiger partial charge in [0.2, 0.25) is 0 Å². The van der Waals surface area contributed by atoms with Gasteiger partial charge in [0.15, 0.2) is 0 Å². The van der Waals surface area contributed by atoms with Crippen LogP contribution < -0.4 is 4.74 Å². The average Bonchev–Trinajstić information content (AvgIpc) is 2.59. The van der Waals surface area contributed by atoms with Crippen molar-refractivity contribution in [2.75, 3.05) is 0 Å². The van der Waals surface area contributed by atoms with Crippen LogP contribution in [0.1, 0.15) is 46.8 Å². The van der Waals surface area contributed by atoms with Crippen molar-refractivity contribution in [1.29, 1.82) is 0 Å². The number of aryl methyl sites for hydroxylation is 1. The Labute approximate surface area is 142 Å². The molecule has 0 atom stereocenters. The van der Waals surface area contributed by atoms with Crippen LogP contribution in [0.2, 0.25) is 0 Å². The number of carboxylic acid groups (broad SMARTS) is 1. The number of carboxylic acids is 1. The van der Waals surface area contributed by atoms with E-state index in [2.05, 4.69) is 6.58 Å². The van der Waals surface area contributed by atoms with E-state index in [4.69, 9.17) is 4.74 Å². The first-order valence-corrected chi connectivity index (χ1v) is 7.98. The van der Waals surface area contributed by atoms with Crippen LogP contribution in [-0.4, -0.2) is 16.2 Å². The standard InChI is InChI=1S/C20H22O4/c1-3-5-6-16-11-17(12-18(19(16)21)20(22)23)24-13-15-9-7-14(4-2)8-10-15/h4,7-12,21H,2-3,5-6,13H2,1H3,(H,22,23). The molecular formula is C20H22O4. The Morgan fingerprint density at radius 1 is 1.25 bits per heavy atom. The summed E-state index contributed by atoms with van der Waals surface area (Å²) in [6.07, 6.45) is 4.22. The molecule has 2 rings (SSSR count). The summed E-state index contributed by atoms with van der Waals surface area (Å²) in [7, 11) is 0. The molecule has 0 unspecified atom stereocenters. The highest BCUT2D eigenvalue weighted by Gasteiger charge is 2.16. The Hall–Kier alpha value is -2.75. The Kier molecular flexibility index (Phi) is 6.01. The third-order valence-corrected chi connectivity index (χ3v) is 3.81. The van der Waals surface area contributed by atoms with Crippen molar-refractivity contribution in [3.8, 4) is 11.5 Å². The van der Waals surface area contributed by atoms with Crippen LogP contribution in [0.25, 0.3) is 6.08 Å². The molecule has 0 heterocycles. The van der Waals surface area contributed by atoms with E-state index in [0.717, 1.165) is 24.0 Å². The average molecular weight is 326 g/mol. The number of unbranched alkanes of at least 4 members (excludes halogenated alkanes) is 1. The summed E-state index contributed by atoms with van der Waals surface area (Å²) in [6, 6.07) is 10.8. The number of carbonyl (C=O) groups is 1. The summed E-state index contributed by atoms with van der Waals surface area (Å²) < 4.78 is 5.73. The fraction of sp³-hybridized carbons (Fsp3) is 0.250. The first-order chi connectivity index (χ1) is 11.5. The lowest BCUT2D eigenvalue weighted by Gasteiger charge is -2.12. The van der Waals surface area contributed by atoms with E-state index in [0.29, 0.717) is 24.3 Å². The van der Waals surface area contributed by atoms with Crippen LogP contribution in [0.15, 0.2) is 43.0 Å². The summed E-state index contributed by atoms with van der Waals surface area (Å²) in [6.45, 7) is 6.08. The third kappa shape index (κ3) is 4.38. The molecule has 0 amide bonds. The minimum Gasteiger partial charge on any atom is -0.507 e. The highest BCUT2D eigenvalue weighted by atomic mass is 16.5. The van der Waals surface area contributed by atoms with Gasteiger partial charge in [0.05, 0.1) is 0 Å². The van der Waals surface area contributed by atoms with Crippen molar-refractivity contribution < 1.29 is 19.7 Å². The first kappa shape index (κ1) is 17.6. The maximum absolute atomic E-state index is 11.3. The Morgan fingerprint density at radius 2 is 1.96 bits per heavy atom. The molecule has 4 nitrogen and oxygen atoms in total. The number of aromatic carboxylic acids is 1. The molecule has 24 heavy (non-hydrogen) atoms. The fourth-order valence-electron chi connectivity index (χ4n) is 2.39. The predicted molar refractivity (Wildman–Crippen MR) is 94.5 cm³/mol. The zero-order chi connectivity index (χ0) is 17.5. The van der Waals surface area contributed by atoms with E-state index in [-0.39, 0.29) is 11.3 Å². The zero-order valence-corrected chi connectivity index (χ0v) is 13.8. The second-order valence-electron chi connectivity index (χ2n) is 5.62. The van der Waals surface area contributed by atoms with Crippen molar-refractivity contribution in [2.24, 2.45) is 0 Å². The van der Waals surface area contributed by atoms with Gasteiger partial charge in [-0.3, -0.25) is 0 Å². The van der Waals surface area contributed by atoms with Crippen LogP contribution in [0.4, 0.5) is 0 Å². The quantitative estimate of drug-likeness (QED) is 0.740. The molecule has 0 fully saturated rings. The monoisotopic (exact) mass is 326 g/mol. The molecule has 2 N–H and O–H groups in total. The first-order valence-electron chi connectivity index (χ1n) is 7.98. The molecule has 0 aliphatic rings. The molecule has 2 aromatic rings. The molecule has 0 aliphatic carbocycles. The van der Waals surface area contributed by atoms with Crippen molar-refractivity contribution in [3.05, 3.63) is 65.2 Å². The molecule has 0 aromatic heterocycles. The number of hydrogen-bond donors (Lipinski definition) is 2. The largest absolute Gasteiger partial charge is 0.507 e. The van der Waals surface area contributed by atoms with Crippen LogP contribution in [0.3, 0.4) is 0 Å². The van der Waals surface area contributed by atoms with Crippen LogP contribution in [-0.2, 0) is 13.0 Å². The van der Waals surface area contributed by atoms with Gasteiger partial charge in [-0.15, -0.1) is 0 Å². The normalized spacial score (nSPS) is 10.4. The van der Waals surface area contributed by atoms with E-state index >= 15 is 0 Å². The molecule has 0 saturated heterocycles. The smallest absolute Gasteiger partial charge is 0.339 e. The molecular weight excluding hydrogens is 304 g/mol. The van der Waals surface area contributed by atoms with E-state index in [9.17, 15) is 15.0 Å². The predicted octanol–water partition coefficient (Wildman–Crippen LogP) is 4.66. The maximum Gasteiger partial charge on any atom is 0.339 e. The number of rotatable bonds is 8. The Balaban J connectivity index is 2.19. The minimum absolute atomic E-state index is 0.124. The molecule has 0 bridgehead atoms. The minimum atomic E-state index is -1.16. The molecule has 2 aromatic carbocycles. The molecule has 4 heteroatoms. The summed E-state index contributed by atoms with van der Waals surface area (Å²) in [5.41, 5.74) is 2.48. The third-order valence-electron chi connectivity index (χ3n) is 3.81. The van der Waals surface area contributed by atoms with Crippen LogP contribution in [0.5, 0.6) is 11.5 Å². The molecule has 0 radical (unpaired) electrons. The molecule has 0 spiro atoms. The van der Waals surface area contributed by atoms with Gasteiger partial charge in [0.25, 0.3) is 0 Å². The van der Waals surface area contributed by atoms with Crippen LogP contribution in [0, 0.1) is 0 Å². The van der Waals surface area contributed by atoms with E-state index in [1.54, 1.807) is 12.1 Å². The second-order valence-corrected chi connectivity index (χ2v) is 5.62. The van der Waals surface area contributed by atoms with Crippen molar-refractivity contribution in [2.45, 2.75) is 32.8 Å². The van der Waals surface area contributed by atoms with Crippen molar-refractivity contribution >= 4 is 12.0 Å². The van der Waals surface area contributed by atoms with Gasteiger partial charge in [0.1, 0.15) is 23.7 Å². The van der Waals surface area contributed by atoms with Crippen molar-refractivity contribution in [3.63, 3.8) is 0 Å². The fourth-order valence-corrected chi connectivity index (χ4v) is 2.39. The summed E-state index contributed by atoms with van der Waals surface area (Å²) in [4.78, 5) is 11.3. The topological polar surface area (TPSA) is 66.8 Å². The van der Waals surface area contributed by atoms with Gasteiger partial charge < -0.3 is 14.9 Å². The van der Waals surface area contributed by atoms with Gasteiger partial charge in [-0.1, -0.05) is 50.3 Å². The highest BCUT2D eigenvalue weighted by molar-refractivity contribution is 5.91. The van der Waals surface area contributed by atoms with E-state index in [1.807, 2.05) is 31.2 Å². The van der Waals surface area contributed by atoms with Gasteiger partial charge in [-0.2, -0.15) is 0 Å². The summed E-state index contributed by atoms with van der Waals surface area (Å²) in [5.74, 6) is -0.881. The van der Waals surface area contributed by atoms with Gasteiger partial charge in [-0.25, -0.2) is 4.79 Å². The summed E-state index contributed by atoms with van der Waals surface area (Å²) in [5, 5.41) is 19.4. The molecule has 0 saturated carbocycles. The highest BCUT2D eigenvalue weighted by Crippen LogP contribution is 2.30.